The summed E-state index contributed by atoms with van der Waals surface area (Å²) in [4.78, 5) is 13.6. The molecule has 0 saturated carbocycles. The fourth-order valence-corrected chi connectivity index (χ4v) is 1.50. The van der Waals surface area contributed by atoms with E-state index < -0.39 is 22.9 Å². The van der Waals surface area contributed by atoms with Crippen LogP contribution in [0.2, 0.25) is 5.11 Å². The third-order valence-electron chi connectivity index (χ3n) is 2.68. The van der Waals surface area contributed by atoms with E-state index in [9.17, 15) is 9.90 Å². The lowest BCUT2D eigenvalue weighted by atomic mass is 9.40. The Balaban J connectivity index is 4.53. The molecule has 1 N–H and O–H groups in total. The van der Waals surface area contributed by atoms with Crippen molar-refractivity contribution >= 4 is 29.6 Å². The van der Waals surface area contributed by atoms with Crippen LogP contribution in [-0.2, 0) is 4.74 Å². The van der Waals surface area contributed by atoms with E-state index in [0.29, 0.717) is 13.1 Å². The van der Waals surface area contributed by atoms with Crippen molar-refractivity contribution in [3.05, 3.63) is 0 Å². The summed E-state index contributed by atoms with van der Waals surface area (Å²) >= 11 is 0. The first-order chi connectivity index (χ1) is 8.97. The van der Waals surface area contributed by atoms with Crippen molar-refractivity contribution in [3.8, 4) is 0 Å². The van der Waals surface area contributed by atoms with E-state index in [2.05, 4.69) is 0 Å². The standard InChI is InChI=1S/C13H24B3NO3/c1-5-6-8-17(11(19)20-12(2,3)4)9-7-10(18)13(14,15)16/h10,18H,5-9H2,1-4H3. The molecule has 0 aliphatic rings. The maximum Gasteiger partial charge on any atom is 0.410 e. The quantitative estimate of drug-likeness (QED) is 0.713. The van der Waals surface area contributed by atoms with Gasteiger partial charge in [0.2, 0.25) is 0 Å². The van der Waals surface area contributed by atoms with Crippen LogP contribution < -0.4 is 0 Å². The summed E-state index contributed by atoms with van der Waals surface area (Å²) in [7, 11) is 16.2. The minimum atomic E-state index is -1.66. The SMILES string of the molecule is [B]C([B])([B])C(O)CCN(CCCC)C(=O)OC(C)(C)C. The Morgan fingerprint density at radius 3 is 2.20 bits per heavy atom. The minimum Gasteiger partial charge on any atom is -0.444 e. The highest BCUT2D eigenvalue weighted by molar-refractivity contribution is 6.59. The lowest BCUT2D eigenvalue weighted by molar-refractivity contribution is 0.0219. The average Bonchev–Trinajstić information content (AvgIpc) is 2.24. The van der Waals surface area contributed by atoms with Crippen LogP contribution in [0.3, 0.4) is 0 Å². The second kappa shape index (κ2) is 8.01. The molecule has 0 saturated heterocycles. The summed E-state index contributed by atoms with van der Waals surface area (Å²) in [5, 5.41) is 8.06. The molecule has 0 fully saturated rings. The fraction of sp³-hybridized carbons (Fsp3) is 0.923. The number of ether oxygens (including phenoxy) is 1. The number of aliphatic hydroxyl groups is 1. The number of hydrogen-bond donors (Lipinski definition) is 1. The van der Waals surface area contributed by atoms with Gasteiger partial charge in [-0.3, -0.25) is 0 Å². The third kappa shape index (κ3) is 8.57. The summed E-state index contributed by atoms with van der Waals surface area (Å²) < 4.78 is 5.33. The van der Waals surface area contributed by atoms with E-state index in [0.717, 1.165) is 12.8 Å². The topological polar surface area (TPSA) is 49.8 Å². The molecule has 1 amide bonds. The third-order valence-corrected chi connectivity index (χ3v) is 2.68. The smallest absolute Gasteiger partial charge is 0.410 e. The number of unbranched alkanes of at least 4 members (excludes halogenated alkanes) is 1. The number of carbonyl (C=O) groups excluding carboxylic acids is 1. The van der Waals surface area contributed by atoms with Crippen LogP contribution in [-0.4, -0.2) is 64.4 Å². The molecule has 0 aliphatic carbocycles. The normalized spacial score (nSPS) is 13.8. The van der Waals surface area contributed by atoms with Crippen LogP contribution in [0.25, 0.3) is 0 Å². The van der Waals surface area contributed by atoms with Crippen LogP contribution in [0.15, 0.2) is 0 Å². The summed E-state index contributed by atoms with van der Waals surface area (Å²) in [6, 6.07) is 0. The van der Waals surface area contributed by atoms with Gasteiger partial charge in [0.05, 0.1) is 23.5 Å². The number of aliphatic hydroxyl groups excluding tert-OH is 1. The zero-order valence-corrected chi connectivity index (χ0v) is 13.1. The van der Waals surface area contributed by atoms with Crippen molar-refractivity contribution in [3.63, 3.8) is 0 Å². The van der Waals surface area contributed by atoms with Crippen LogP contribution >= 0.6 is 0 Å². The van der Waals surface area contributed by atoms with Crippen LogP contribution in [0.4, 0.5) is 4.79 Å². The van der Waals surface area contributed by atoms with Crippen molar-refractivity contribution < 1.29 is 14.6 Å². The molecular formula is C13H24B3NO3. The Kier molecular flexibility index (Phi) is 7.78. The van der Waals surface area contributed by atoms with Gasteiger partial charge in [-0.2, -0.15) is 0 Å². The van der Waals surface area contributed by atoms with E-state index >= 15 is 0 Å². The van der Waals surface area contributed by atoms with Crippen molar-refractivity contribution in [1.82, 2.24) is 4.90 Å². The van der Waals surface area contributed by atoms with E-state index in [1.807, 2.05) is 27.7 Å². The predicted octanol–water partition coefficient (Wildman–Crippen LogP) is 1.35. The molecule has 20 heavy (non-hydrogen) atoms. The highest BCUT2D eigenvalue weighted by Crippen LogP contribution is 2.19. The summed E-state index contributed by atoms with van der Waals surface area (Å²) in [5.74, 6) is 0. The first-order valence-corrected chi connectivity index (χ1v) is 7.00. The zero-order valence-electron chi connectivity index (χ0n) is 13.1. The van der Waals surface area contributed by atoms with Gasteiger partial charge in [0.15, 0.2) is 0 Å². The molecule has 0 aromatic carbocycles. The van der Waals surface area contributed by atoms with Crippen LogP contribution in [0.1, 0.15) is 47.0 Å². The summed E-state index contributed by atoms with van der Waals surface area (Å²) in [6.07, 6.45) is 0.515. The van der Waals surface area contributed by atoms with Crippen molar-refractivity contribution in [2.75, 3.05) is 13.1 Å². The van der Waals surface area contributed by atoms with Gasteiger partial charge in [-0.25, -0.2) is 4.79 Å². The van der Waals surface area contributed by atoms with Crippen LogP contribution in [0.5, 0.6) is 0 Å². The molecule has 0 heterocycles. The zero-order chi connectivity index (χ0) is 16.0. The van der Waals surface area contributed by atoms with Crippen molar-refractivity contribution in [2.45, 2.75) is 63.8 Å². The van der Waals surface area contributed by atoms with E-state index in [4.69, 9.17) is 28.3 Å². The minimum absolute atomic E-state index is 0.201. The Labute approximate surface area is 126 Å². The fourth-order valence-electron chi connectivity index (χ4n) is 1.50. The van der Waals surface area contributed by atoms with Gasteiger partial charge in [-0.05, 0) is 33.6 Å². The van der Waals surface area contributed by atoms with Gasteiger partial charge in [0.25, 0.3) is 0 Å². The first kappa shape index (κ1) is 19.4. The molecular weight excluding hydrogens is 251 g/mol. The molecule has 0 rings (SSSR count). The van der Waals surface area contributed by atoms with E-state index in [1.165, 1.54) is 0 Å². The van der Waals surface area contributed by atoms with E-state index in [1.54, 1.807) is 4.90 Å². The summed E-state index contributed by atoms with van der Waals surface area (Å²) in [5.41, 5.74) is -0.556. The number of nitrogens with zero attached hydrogens (tertiary/aromatic N) is 1. The van der Waals surface area contributed by atoms with Gasteiger partial charge < -0.3 is 14.7 Å². The van der Waals surface area contributed by atoms with Crippen LogP contribution in [0, 0.1) is 0 Å². The Hall–Kier alpha value is -0.575. The molecule has 1 atom stereocenters. The lowest BCUT2D eigenvalue weighted by Gasteiger charge is -2.31. The largest absolute Gasteiger partial charge is 0.444 e. The predicted molar refractivity (Wildman–Crippen MR) is 83.3 cm³/mol. The van der Waals surface area contributed by atoms with Gasteiger partial charge >= 0.3 is 6.09 Å². The molecule has 6 radical (unpaired) electrons. The Morgan fingerprint density at radius 1 is 1.25 bits per heavy atom. The highest BCUT2D eigenvalue weighted by Gasteiger charge is 2.25. The highest BCUT2D eigenvalue weighted by atomic mass is 16.6. The average molecular weight is 275 g/mol. The first-order valence-electron chi connectivity index (χ1n) is 7.00. The molecule has 0 spiro atoms. The number of carbonyl (C=O) groups is 1. The second-order valence-corrected chi connectivity index (χ2v) is 6.13. The maximum absolute atomic E-state index is 12.1. The molecule has 0 aromatic heterocycles. The number of rotatable bonds is 7. The Bertz CT molecular complexity index is 300. The monoisotopic (exact) mass is 275 g/mol. The van der Waals surface area contributed by atoms with E-state index in [-0.39, 0.29) is 6.42 Å². The molecule has 0 bridgehead atoms. The van der Waals surface area contributed by atoms with Gasteiger partial charge in [-0.15, -0.1) is 5.11 Å². The van der Waals surface area contributed by atoms with Gasteiger partial charge in [0.1, 0.15) is 5.60 Å². The lowest BCUT2D eigenvalue weighted by Crippen LogP contribution is -2.40. The maximum atomic E-state index is 12.1. The number of hydrogen-bond acceptors (Lipinski definition) is 3. The molecule has 1 unspecified atom stereocenters. The molecule has 0 aromatic rings. The molecule has 7 heteroatoms. The molecule has 4 nitrogen and oxygen atoms in total. The van der Waals surface area contributed by atoms with Crippen molar-refractivity contribution in [1.29, 1.82) is 0 Å². The molecule has 0 aliphatic heterocycles. The number of amides is 1. The van der Waals surface area contributed by atoms with Gasteiger partial charge in [0, 0.05) is 19.2 Å². The van der Waals surface area contributed by atoms with Crippen molar-refractivity contribution in [2.24, 2.45) is 0 Å². The Morgan fingerprint density at radius 2 is 1.80 bits per heavy atom. The van der Waals surface area contributed by atoms with Gasteiger partial charge in [-0.1, -0.05) is 13.3 Å². The summed E-state index contributed by atoms with van der Waals surface area (Å²) in [6.45, 7) is 8.31. The second-order valence-electron chi connectivity index (χ2n) is 6.13. The molecule has 108 valence electrons.